The number of aryl methyl sites for hydroxylation is 2. The van der Waals surface area contributed by atoms with E-state index in [0.717, 1.165) is 43.7 Å². The largest absolute Gasteiger partial charge is 0.420 e. The molecule has 1 aliphatic heterocycles. The summed E-state index contributed by atoms with van der Waals surface area (Å²) >= 11 is 0. The van der Waals surface area contributed by atoms with Crippen LogP contribution in [0.15, 0.2) is 39.7 Å². The summed E-state index contributed by atoms with van der Waals surface area (Å²) in [7, 11) is 1.95. The molecule has 1 saturated heterocycles. The van der Waals surface area contributed by atoms with Crippen LogP contribution in [-0.2, 0) is 13.6 Å². The molecular formula is C18H22N4O2. The van der Waals surface area contributed by atoms with E-state index in [1.807, 2.05) is 47.5 Å². The Labute approximate surface area is 140 Å². The predicted octanol–water partition coefficient (Wildman–Crippen LogP) is 2.47. The second-order valence-electron chi connectivity index (χ2n) is 6.65. The van der Waals surface area contributed by atoms with E-state index in [1.165, 1.54) is 5.56 Å². The monoisotopic (exact) mass is 326 g/mol. The summed E-state index contributed by atoms with van der Waals surface area (Å²) < 4.78 is 9.10. The second kappa shape index (κ2) is 5.94. The van der Waals surface area contributed by atoms with E-state index >= 15 is 0 Å². The fourth-order valence-corrected chi connectivity index (χ4v) is 3.76. The van der Waals surface area contributed by atoms with E-state index in [1.54, 1.807) is 0 Å². The Morgan fingerprint density at radius 3 is 2.96 bits per heavy atom. The molecule has 6 nitrogen and oxygen atoms in total. The lowest BCUT2D eigenvalue weighted by Crippen LogP contribution is -2.38. The molecule has 0 radical (unpaired) electrons. The summed E-state index contributed by atoms with van der Waals surface area (Å²) in [5.41, 5.74) is 3.89. The summed E-state index contributed by atoms with van der Waals surface area (Å²) in [6, 6.07) is 7.82. The van der Waals surface area contributed by atoms with Gasteiger partial charge in [-0.1, -0.05) is 12.1 Å². The number of rotatable bonds is 3. The van der Waals surface area contributed by atoms with E-state index in [9.17, 15) is 4.79 Å². The van der Waals surface area contributed by atoms with Crippen molar-refractivity contribution in [2.45, 2.75) is 32.4 Å². The van der Waals surface area contributed by atoms with Crippen LogP contribution in [0.1, 0.15) is 30.1 Å². The van der Waals surface area contributed by atoms with Gasteiger partial charge in [0.1, 0.15) is 0 Å². The van der Waals surface area contributed by atoms with Gasteiger partial charge >= 0.3 is 5.76 Å². The molecule has 1 atom stereocenters. The van der Waals surface area contributed by atoms with Crippen molar-refractivity contribution in [3.05, 3.63) is 52.3 Å². The van der Waals surface area contributed by atoms with Gasteiger partial charge in [-0.05, 0) is 38.4 Å². The van der Waals surface area contributed by atoms with Gasteiger partial charge in [-0.3, -0.25) is 14.1 Å². The molecule has 4 rings (SSSR count). The Morgan fingerprint density at radius 2 is 2.17 bits per heavy atom. The van der Waals surface area contributed by atoms with E-state index in [-0.39, 0.29) is 11.8 Å². The highest BCUT2D eigenvalue weighted by atomic mass is 16.4. The lowest BCUT2D eigenvalue weighted by Gasteiger charge is -2.32. The first-order valence-corrected chi connectivity index (χ1v) is 8.43. The Kier molecular flexibility index (Phi) is 3.76. The van der Waals surface area contributed by atoms with Crippen molar-refractivity contribution in [2.75, 3.05) is 13.1 Å². The molecule has 3 aromatic rings. The minimum absolute atomic E-state index is 0.159. The normalized spacial score (nSPS) is 19.2. The molecule has 3 heterocycles. The molecule has 0 amide bonds. The number of likely N-dealkylation sites (tertiary alicyclic amines) is 1. The summed E-state index contributed by atoms with van der Waals surface area (Å²) in [5.74, 6) is -0.249. The zero-order valence-electron chi connectivity index (χ0n) is 14.1. The standard InChI is InChI=1S/C18H22N4O2/c1-13-14(10-20(2)19-13)11-21-9-5-6-15(12-21)22-16-7-3-4-8-17(16)24-18(22)23/h3-4,7-8,10,15H,5-6,9,11-12H2,1-2H3. The Bertz CT molecular complexity index is 921. The molecule has 24 heavy (non-hydrogen) atoms. The van der Waals surface area contributed by atoms with Crippen molar-refractivity contribution < 1.29 is 4.42 Å². The fourth-order valence-electron chi connectivity index (χ4n) is 3.76. The number of oxazole rings is 1. The molecule has 1 aliphatic rings. The quantitative estimate of drug-likeness (QED) is 0.742. The molecule has 1 fully saturated rings. The highest BCUT2D eigenvalue weighted by Gasteiger charge is 2.25. The highest BCUT2D eigenvalue weighted by molar-refractivity contribution is 5.72. The Hall–Kier alpha value is -2.34. The van der Waals surface area contributed by atoms with Crippen LogP contribution in [0.25, 0.3) is 11.1 Å². The third-order valence-electron chi connectivity index (χ3n) is 4.87. The van der Waals surface area contributed by atoms with Gasteiger partial charge in [-0.25, -0.2) is 4.79 Å². The number of hydrogen-bond acceptors (Lipinski definition) is 4. The lowest BCUT2D eigenvalue weighted by atomic mass is 10.0. The van der Waals surface area contributed by atoms with E-state index in [2.05, 4.69) is 16.2 Å². The van der Waals surface area contributed by atoms with Gasteiger partial charge in [0.25, 0.3) is 0 Å². The lowest BCUT2D eigenvalue weighted by molar-refractivity contribution is 0.167. The number of nitrogens with zero attached hydrogens (tertiary/aromatic N) is 4. The van der Waals surface area contributed by atoms with Crippen molar-refractivity contribution in [1.29, 1.82) is 0 Å². The van der Waals surface area contributed by atoms with Gasteiger partial charge in [0, 0.05) is 31.9 Å². The van der Waals surface area contributed by atoms with Crippen molar-refractivity contribution in [2.24, 2.45) is 7.05 Å². The fraction of sp³-hybridized carbons (Fsp3) is 0.444. The third-order valence-corrected chi connectivity index (χ3v) is 4.87. The minimum Gasteiger partial charge on any atom is -0.408 e. The van der Waals surface area contributed by atoms with Crippen LogP contribution in [0.3, 0.4) is 0 Å². The number of piperidine rings is 1. The van der Waals surface area contributed by atoms with E-state index in [4.69, 9.17) is 4.42 Å². The summed E-state index contributed by atoms with van der Waals surface area (Å²) in [6.45, 7) is 4.83. The highest BCUT2D eigenvalue weighted by Crippen LogP contribution is 2.26. The molecule has 0 aliphatic carbocycles. The molecule has 126 valence electrons. The van der Waals surface area contributed by atoms with Crippen LogP contribution < -0.4 is 5.76 Å². The van der Waals surface area contributed by atoms with Crippen molar-refractivity contribution in [3.63, 3.8) is 0 Å². The van der Waals surface area contributed by atoms with Crippen LogP contribution in [-0.4, -0.2) is 32.3 Å². The first-order chi connectivity index (χ1) is 11.6. The number of fused-ring (bicyclic) bond motifs is 1. The molecule has 0 spiro atoms. The molecule has 1 aromatic carbocycles. The van der Waals surface area contributed by atoms with Gasteiger partial charge in [-0.15, -0.1) is 0 Å². The third kappa shape index (κ3) is 2.67. The maximum Gasteiger partial charge on any atom is 0.420 e. The first kappa shape index (κ1) is 15.2. The number of benzene rings is 1. The topological polar surface area (TPSA) is 56.2 Å². The maximum atomic E-state index is 12.3. The van der Waals surface area contributed by atoms with Gasteiger partial charge in [-0.2, -0.15) is 5.10 Å². The zero-order valence-corrected chi connectivity index (χ0v) is 14.1. The summed E-state index contributed by atoms with van der Waals surface area (Å²) in [4.78, 5) is 14.7. The molecule has 2 aromatic heterocycles. The second-order valence-corrected chi connectivity index (χ2v) is 6.65. The smallest absolute Gasteiger partial charge is 0.408 e. The van der Waals surface area contributed by atoms with Crippen molar-refractivity contribution in [3.8, 4) is 0 Å². The molecule has 6 heteroatoms. The predicted molar refractivity (Wildman–Crippen MR) is 92.0 cm³/mol. The van der Waals surface area contributed by atoms with Crippen LogP contribution in [0.4, 0.5) is 0 Å². The number of para-hydroxylation sites is 2. The van der Waals surface area contributed by atoms with Crippen molar-refractivity contribution in [1.82, 2.24) is 19.2 Å². The number of aromatic nitrogens is 3. The van der Waals surface area contributed by atoms with Crippen LogP contribution in [0, 0.1) is 6.92 Å². The SMILES string of the molecule is Cc1nn(C)cc1CN1CCCC(n2c(=O)oc3ccccc32)C1. The Morgan fingerprint density at radius 1 is 1.33 bits per heavy atom. The van der Waals surface area contributed by atoms with Crippen LogP contribution in [0.5, 0.6) is 0 Å². The van der Waals surface area contributed by atoms with E-state index < -0.39 is 0 Å². The van der Waals surface area contributed by atoms with Crippen LogP contribution >= 0.6 is 0 Å². The summed E-state index contributed by atoms with van der Waals surface area (Å²) in [5, 5.41) is 4.42. The van der Waals surface area contributed by atoms with Gasteiger partial charge in [0.05, 0.1) is 17.3 Å². The molecule has 0 bridgehead atoms. The average Bonchev–Trinajstić information content (AvgIpc) is 3.05. The van der Waals surface area contributed by atoms with Crippen LogP contribution in [0.2, 0.25) is 0 Å². The molecule has 0 N–H and O–H groups in total. The van der Waals surface area contributed by atoms with Gasteiger partial charge in [0.2, 0.25) is 0 Å². The van der Waals surface area contributed by atoms with E-state index in [0.29, 0.717) is 5.58 Å². The van der Waals surface area contributed by atoms with Gasteiger partial charge < -0.3 is 4.42 Å². The average molecular weight is 326 g/mol. The summed E-state index contributed by atoms with van der Waals surface area (Å²) in [6.07, 6.45) is 4.17. The zero-order chi connectivity index (χ0) is 16.7. The molecule has 1 unspecified atom stereocenters. The molecular weight excluding hydrogens is 304 g/mol. The minimum atomic E-state index is -0.249. The maximum absolute atomic E-state index is 12.3. The Balaban J connectivity index is 1.59. The molecule has 0 saturated carbocycles. The number of hydrogen-bond donors (Lipinski definition) is 0. The van der Waals surface area contributed by atoms with Crippen molar-refractivity contribution >= 4 is 11.1 Å². The first-order valence-electron chi connectivity index (χ1n) is 8.43. The van der Waals surface area contributed by atoms with Gasteiger partial charge in [0.15, 0.2) is 5.58 Å².